The van der Waals surface area contributed by atoms with E-state index < -0.39 is 0 Å². The average molecular weight is 329 g/mol. The zero-order valence-corrected chi connectivity index (χ0v) is 14.1. The van der Waals surface area contributed by atoms with Gasteiger partial charge in [-0.2, -0.15) is 0 Å². The van der Waals surface area contributed by atoms with Gasteiger partial charge in [0.05, 0.1) is 18.7 Å². The molecule has 1 amide bonds. The van der Waals surface area contributed by atoms with Crippen LogP contribution in [0, 0.1) is 5.92 Å². The number of amides is 1. The number of likely N-dealkylation sites (tertiary alicyclic amines) is 1. The second-order valence-electron chi connectivity index (χ2n) is 6.76. The molecule has 130 valence electrons. The molecular weight excluding hydrogens is 302 g/mol. The van der Waals surface area contributed by atoms with Gasteiger partial charge < -0.3 is 15.8 Å². The molecule has 2 atom stereocenters. The summed E-state index contributed by atoms with van der Waals surface area (Å²) < 4.78 is 5.57. The summed E-state index contributed by atoms with van der Waals surface area (Å²) in [6, 6.07) is 8.53. The van der Waals surface area contributed by atoms with Crippen molar-refractivity contribution in [3.63, 3.8) is 0 Å². The summed E-state index contributed by atoms with van der Waals surface area (Å²) in [5.74, 6) is -0.164. The van der Waals surface area contributed by atoms with Crippen molar-refractivity contribution in [2.24, 2.45) is 11.7 Å². The molecule has 0 radical (unpaired) electrons. The molecule has 2 heterocycles. The Morgan fingerprint density at radius 3 is 2.83 bits per heavy atom. The first-order chi connectivity index (χ1) is 11.7. The van der Waals surface area contributed by atoms with E-state index in [2.05, 4.69) is 40.6 Å². The highest BCUT2D eigenvalue weighted by Gasteiger charge is 2.23. The second kappa shape index (κ2) is 8.20. The Morgan fingerprint density at radius 1 is 1.29 bits per heavy atom. The van der Waals surface area contributed by atoms with Crippen LogP contribution >= 0.6 is 0 Å². The smallest absolute Gasteiger partial charge is 0.221 e. The van der Waals surface area contributed by atoms with Crippen LogP contribution in [0.5, 0.6) is 0 Å². The number of benzene rings is 1. The van der Waals surface area contributed by atoms with Gasteiger partial charge in [-0.15, -0.1) is 0 Å². The normalized spacial score (nSPS) is 24.3. The van der Waals surface area contributed by atoms with E-state index in [-0.39, 0.29) is 17.9 Å². The summed E-state index contributed by atoms with van der Waals surface area (Å²) >= 11 is 0. The minimum atomic E-state index is -0.168. The van der Waals surface area contributed by atoms with Crippen LogP contribution in [0.1, 0.15) is 31.2 Å². The molecule has 3 N–H and O–H groups in total. The maximum absolute atomic E-state index is 11.4. The molecule has 1 aromatic carbocycles. The summed E-state index contributed by atoms with van der Waals surface area (Å²) in [6.07, 6.45) is 8.25. The number of carbonyl (C=O) groups is 1. The number of anilines is 1. The summed E-state index contributed by atoms with van der Waals surface area (Å²) in [5, 5.41) is 3.43. The first-order valence-electron chi connectivity index (χ1n) is 8.85. The fourth-order valence-corrected chi connectivity index (χ4v) is 3.38. The third-order valence-electron chi connectivity index (χ3n) is 4.82. The van der Waals surface area contributed by atoms with Gasteiger partial charge in [0, 0.05) is 18.8 Å². The maximum atomic E-state index is 11.4. The molecule has 5 heteroatoms. The Kier molecular flexibility index (Phi) is 5.75. The number of piperidine rings is 1. The average Bonchev–Trinajstić information content (AvgIpc) is 2.62. The number of nitrogens with two attached hydrogens (primary N) is 1. The van der Waals surface area contributed by atoms with Gasteiger partial charge in [0.15, 0.2) is 0 Å². The van der Waals surface area contributed by atoms with E-state index in [4.69, 9.17) is 10.5 Å². The highest BCUT2D eigenvalue weighted by atomic mass is 16.5. The number of primary amides is 1. The van der Waals surface area contributed by atoms with Crippen LogP contribution in [0.3, 0.4) is 0 Å². The van der Waals surface area contributed by atoms with Crippen molar-refractivity contribution < 1.29 is 9.53 Å². The van der Waals surface area contributed by atoms with Crippen LogP contribution < -0.4 is 11.1 Å². The van der Waals surface area contributed by atoms with Crippen molar-refractivity contribution in [3.05, 3.63) is 42.2 Å². The van der Waals surface area contributed by atoms with Crippen LogP contribution in [0.4, 0.5) is 5.69 Å². The lowest BCUT2D eigenvalue weighted by Crippen LogP contribution is -2.40. The molecule has 24 heavy (non-hydrogen) atoms. The molecule has 1 fully saturated rings. The maximum Gasteiger partial charge on any atom is 0.221 e. The lowest BCUT2D eigenvalue weighted by molar-refractivity contribution is -0.123. The molecule has 1 saturated heterocycles. The van der Waals surface area contributed by atoms with E-state index in [1.807, 2.05) is 0 Å². The first kappa shape index (κ1) is 16.8. The van der Waals surface area contributed by atoms with Gasteiger partial charge in [-0.05, 0) is 56.0 Å². The van der Waals surface area contributed by atoms with E-state index in [9.17, 15) is 4.79 Å². The number of ether oxygens (including phenoxy) is 1. The van der Waals surface area contributed by atoms with E-state index in [0.29, 0.717) is 0 Å². The number of allylic oxidation sites excluding steroid dienone is 1. The third kappa shape index (κ3) is 4.74. The number of hydrogen-bond acceptors (Lipinski definition) is 4. The van der Waals surface area contributed by atoms with E-state index >= 15 is 0 Å². The molecule has 2 aliphatic rings. The van der Waals surface area contributed by atoms with Gasteiger partial charge in [0.1, 0.15) is 6.10 Å². The zero-order valence-electron chi connectivity index (χ0n) is 14.1. The van der Waals surface area contributed by atoms with Gasteiger partial charge >= 0.3 is 0 Å². The van der Waals surface area contributed by atoms with E-state index in [1.165, 1.54) is 5.56 Å². The Bertz CT molecular complexity index is 570. The van der Waals surface area contributed by atoms with Crippen molar-refractivity contribution in [3.8, 4) is 0 Å². The van der Waals surface area contributed by atoms with Crippen molar-refractivity contribution in [1.82, 2.24) is 4.90 Å². The van der Waals surface area contributed by atoms with E-state index in [1.54, 1.807) is 6.26 Å². The fourth-order valence-electron chi connectivity index (χ4n) is 3.38. The van der Waals surface area contributed by atoms with Crippen molar-refractivity contribution in [1.29, 1.82) is 0 Å². The summed E-state index contributed by atoms with van der Waals surface area (Å²) in [4.78, 5) is 13.7. The highest BCUT2D eigenvalue weighted by Crippen LogP contribution is 2.19. The minimum Gasteiger partial charge on any atom is -0.497 e. The van der Waals surface area contributed by atoms with Crippen molar-refractivity contribution >= 4 is 11.6 Å². The molecule has 0 spiro atoms. The van der Waals surface area contributed by atoms with Crippen molar-refractivity contribution in [2.75, 3.05) is 25.0 Å². The largest absolute Gasteiger partial charge is 0.497 e. The fraction of sp³-hybridized carbons (Fsp3) is 0.526. The van der Waals surface area contributed by atoms with Crippen molar-refractivity contribution in [2.45, 2.75) is 38.3 Å². The quantitative estimate of drug-likeness (QED) is 0.841. The molecule has 0 aliphatic carbocycles. The number of carbonyl (C=O) groups excluding carboxylic acids is 1. The number of hydrogen-bond donors (Lipinski definition) is 2. The van der Waals surface area contributed by atoms with Crippen LogP contribution in [0.25, 0.3) is 0 Å². The second-order valence-corrected chi connectivity index (χ2v) is 6.76. The SMILES string of the molecule is NC(=O)[C@H]1CCCN(Cc2ccc(NC[C@@H]3CCC=CO3)cc2)C1. The predicted octanol–water partition coefficient (Wildman–Crippen LogP) is 2.49. The number of rotatable bonds is 6. The predicted molar refractivity (Wildman–Crippen MR) is 95.4 cm³/mol. The minimum absolute atomic E-state index is 0.00392. The van der Waals surface area contributed by atoms with Crippen LogP contribution in [0.2, 0.25) is 0 Å². The van der Waals surface area contributed by atoms with Gasteiger partial charge in [0.25, 0.3) is 0 Å². The Labute approximate surface area is 143 Å². The standard InChI is InChI=1S/C19H27N3O2/c20-19(23)16-4-3-10-22(14-16)13-15-6-8-17(9-7-15)21-12-18-5-1-2-11-24-18/h2,6-9,11,16,18,21H,1,3-5,10,12-14H2,(H2,20,23)/t16-,18-/m0/s1. The molecule has 0 unspecified atom stereocenters. The van der Waals surface area contributed by atoms with Gasteiger partial charge in [0.2, 0.25) is 5.91 Å². The van der Waals surface area contributed by atoms with Gasteiger partial charge in [-0.25, -0.2) is 0 Å². The van der Waals surface area contributed by atoms with Crippen LogP contribution in [0.15, 0.2) is 36.6 Å². The van der Waals surface area contributed by atoms with Gasteiger partial charge in [-0.3, -0.25) is 9.69 Å². The molecule has 2 aliphatic heterocycles. The molecule has 5 nitrogen and oxygen atoms in total. The summed E-state index contributed by atoms with van der Waals surface area (Å²) in [6.45, 7) is 3.52. The first-order valence-corrected chi connectivity index (χ1v) is 8.85. The highest BCUT2D eigenvalue weighted by molar-refractivity contribution is 5.76. The summed E-state index contributed by atoms with van der Waals surface area (Å²) in [5.41, 5.74) is 7.83. The van der Waals surface area contributed by atoms with E-state index in [0.717, 1.165) is 57.5 Å². The Hall–Kier alpha value is -2.01. The number of nitrogens with zero attached hydrogens (tertiary/aromatic N) is 1. The summed E-state index contributed by atoms with van der Waals surface area (Å²) in [7, 11) is 0. The molecule has 0 aromatic heterocycles. The third-order valence-corrected chi connectivity index (χ3v) is 4.82. The lowest BCUT2D eigenvalue weighted by atomic mass is 9.97. The molecule has 3 rings (SSSR count). The molecular formula is C19H27N3O2. The molecule has 1 aromatic rings. The van der Waals surface area contributed by atoms with Crippen LogP contribution in [-0.2, 0) is 16.1 Å². The van der Waals surface area contributed by atoms with Crippen LogP contribution in [-0.4, -0.2) is 36.5 Å². The molecule has 0 bridgehead atoms. The monoisotopic (exact) mass is 329 g/mol. The Morgan fingerprint density at radius 2 is 2.12 bits per heavy atom. The molecule has 0 saturated carbocycles. The van der Waals surface area contributed by atoms with Gasteiger partial charge in [-0.1, -0.05) is 12.1 Å². The zero-order chi connectivity index (χ0) is 16.8. The Balaban J connectivity index is 1.47. The number of nitrogens with one attached hydrogen (secondary N) is 1. The lowest BCUT2D eigenvalue weighted by Gasteiger charge is -2.31. The topological polar surface area (TPSA) is 67.6 Å².